The van der Waals surface area contributed by atoms with Crippen LogP contribution in [0, 0.1) is 6.92 Å². The van der Waals surface area contributed by atoms with Crippen LogP contribution in [0.2, 0.25) is 0 Å². The molecule has 0 aliphatic carbocycles. The largest absolute Gasteiger partial charge is 0.447 e. The highest BCUT2D eigenvalue weighted by molar-refractivity contribution is 5.82. The van der Waals surface area contributed by atoms with Crippen LogP contribution in [0.1, 0.15) is 24.1 Å². The maximum Gasteiger partial charge on any atom is 0.410 e. The van der Waals surface area contributed by atoms with Crippen molar-refractivity contribution in [2.75, 3.05) is 19.8 Å². The average Bonchev–Trinajstić information content (AvgIpc) is 3.27. The molecule has 8 heteroatoms. The van der Waals surface area contributed by atoms with Crippen LogP contribution in [0.5, 0.6) is 0 Å². The second-order valence-corrected chi connectivity index (χ2v) is 6.85. The zero-order chi connectivity index (χ0) is 18.3. The number of likely N-dealkylation sites (tertiary alicyclic amines) is 2. The number of pyridine rings is 1. The van der Waals surface area contributed by atoms with Crippen LogP contribution in [0.15, 0.2) is 24.5 Å². The van der Waals surface area contributed by atoms with E-state index in [-0.39, 0.29) is 31.0 Å². The van der Waals surface area contributed by atoms with Crippen LogP contribution in [-0.2, 0) is 16.1 Å². The maximum atomic E-state index is 12.5. The van der Waals surface area contributed by atoms with E-state index in [4.69, 9.17) is 4.74 Å². The van der Waals surface area contributed by atoms with Crippen molar-refractivity contribution >= 4 is 17.6 Å². The maximum absolute atomic E-state index is 12.5. The summed E-state index contributed by atoms with van der Waals surface area (Å²) >= 11 is 0. The number of carbonyl (C=O) groups excluding carboxylic acids is 2. The molecule has 26 heavy (non-hydrogen) atoms. The fourth-order valence-electron chi connectivity index (χ4n) is 3.98. The van der Waals surface area contributed by atoms with Crippen molar-refractivity contribution in [3.63, 3.8) is 0 Å². The topological polar surface area (TPSA) is 67.2 Å². The second kappa shape index (κ2) is 6.59. The second-order valence-electron chi connectivity index (χ2n) is 6.85. The van der Waals surface area contributed by atoms with Gasteiger partial charge in [-0.25, -0.2) is 14.2 Å². The number of ether oxygens (including phenoxy) is 1. The number of hydrogen-bond acceptors (Lipinski definition) is 4. The first-order chi connectivity index (χ1) is 12.6. The third-order valence-electron chi connectivity index (χ3n) is 5.13. The molecule has 0 saturated carbocycles. The number of hydrogen-bond donors (Lipinski definition) is 0. The Morgan fingerprint density at radius 2 is 2.19 bits per heavy atom. The first-order valence-corrected chi connectivity index (χ1v) is 8.80. The molecule has 2 aromatic heterocycles. The molecule has 0 aromatic carbocycles. The van der Waals surface area contributed by atoms with E-state index in [1.807, 2.05) is 40.8 Å². The minimum Gasteiger partial charge on any atom is -0.447 e. The number of halogens is 1. The lowest BCUT2D eigenvalue weighted by atomic mass is 10.1. The van der Waals surface area contributed by atoms with Crippen LogP contribution >= 0.6 is 0 Å². The van der Waals surface area contributed by atoms with Gasteiger partial charge in [0.1, 0.15) is 18.9 Å². The highest BCUT2D eigenvalue weighted by Crippen LogP contribution is 2.33. The summed E-state index contributed by atoms with van der Waals surface area (Å²) in [5, 5.41) is 0. The Balaban J connectivity index is 1.49. The Hall–Kier alpha value is -2.64. The Labute approximate surface area is 150 Å². The Morgan fingerprint density at radius 3 is 3.00 bits per heavy atom. The summed E-state index contributed by atoms with van der Waals surface area (Å²) in [4.78, 5) is 32.5. The van der Waals surface area contributed by atoms with Crippen molar-refractivity contribution in [2.24, 2.45) is 0 Å². The standard InChI is InChI=1S/C18H21FN4O3/c1-12-2-3-16-20-13(10-21(16)9-12)11-23-14-4-6-22(15(14)8-17(23)24)18(25)26-7-5-19/h2-3,9-10,14-15H,4-8,11H2,1H3/t14-,15-/m0/s1. The number of aromatic nitrogens is 2. The van der Waals surface area contributed by atoms with Crippen LogP contribution in [0.3, 0.4) is 0 Å². The SMILES string of the molecule is Cc1ccc2nc(CN3C(=O)C[C@H]4[C@@H]3CCN4C(=O)OCCF)cn2c1. The molecule has 2 aromatic rings. The molecular weight excluding hydrogens is 339 g/mol. The first kappa shape index (κ1) is 16.8. The van der Waals surface area contributed by atoms with Gasteiger partial charge in [0.25, 0.3) is 0 Å². The Bertz CT molecular complexity index is 852. The van der Waals surface area contributed by atoms with Crippen LogP contribution < -0.4 is 0 Å². The molecule has 0 N–H and O–H groups in total. The van der Waals surface area contributed by atoms with E-state index in [9.17, 15) is 14.0 Å². The number of fused-ring (bicyclic) bond motifs is 2. The van der Waals surface area contributed by atoms with Crippen molar-refractivity contribution in [3.05, 3.63) is 35.8 Å². The summed E-state index contributed by atoms with van der Waals surface area (Å²) in [5.74, 6) is 0.0104. The van der Waals surface area contributed by atoms with Gasteiger partial charge >= 0.3 is 6.09 Å². The van der Waals surface area contributed by atoms with Crippen molar-refractivity contribution in [2.45, 2.75) is 38.4 Å². The summed E-state index contributed by atoms with van der Waals surface area (Å²) in [6.45, 7) is 2.02. The molecule has 0 unspecified atom stereocenters. The smallest absolute Gasteiger partial charge is 0.410 e. The molecule has 138 valence electrons. The highest BCUT2D eigenvalue weighted by atomic mass is 19.1. The fourth-order valence-corrected chi connectivity index (χ4v) is 3.98. The van der Waals surface area contributed by atoms with E-state index in [0.717, 1.165) is 16.9 Å². The van der Waals surface area contributed by atoms with Crippen molar-refractivity contribution in [3.8, 4) is 0 Å². The van der Waals surface area contributed by atoms with Crippen molar-refractivity contribution in [1.82, 2.24) is 19.2 Å². The van der Waals surface area contributed by atoms with Gasteiger partial charge in [-0.2, -0.15) is 0 Å². The highest BCUT2D eigenvalue weighted by Gasteiger charge is 2.48. The monoisotopic (exact) mass is 360 g/mol. The number of amides is 2. The summed E-state index contributed by atoms with van der Waals surface area (Å²) in [7, 11) is 0. The third-order valence-corrected chi connectivity index (χ3v) is 5.13. The Morgan fingerprint density at radius 1 is 1.35 bits per heavy atom. The molecule has 7 nitrogen and oxygen atoms in total. The predicted octanol–water partition coefficient (Wildman–Crippen LogP) is 1.92. The number of aryl methyl sites for hydroxylation is 1. The zero-order valence-electron chi connectivity index (χ0n) is 14.6. The lowest BCUT2D eigenvalue weighted by Crippen LogP contribution is -2.40. The number of imidazole rings is 1. The molecule has 0 bridgehead atoms. The molecule has 2 fully saturated rings. The number of rotatable bonds is 4. The van der Waals surface area contributed by atoms with E-state index in [1.54, 1.807) is 4.90 Å². The summed E-state index contributed by atoms with van der Waals surface area (Å²) < 4.78 is 19.1. The van der Waals surface area contributed by atoms with Gasteiger partial charge in [0, 0.05) is 25.4 Å². The van der Waals surface area contributed by atoms with Crippen LogP contribution in [0.25, 0.3) is 5.65 Å². The van der Waals surface area contributed by atoms with E-state index < -0.39 is 12.8 Å². The van der Waals surface area contributed by atoms with E-state index >= 15 is 0 Å². The normalized spacial score (nSPS) is 22.3. The molecular formula is C18H21FN4O3. The molecule has 2 aliphatic heterocycles. The van der Waals surface area contributed by atoms with Gasteiger partial charge in [0.15, 0.2) is 0 Å². The van der Waals surface area contributed by atoms with Gasteiger partial charge < -0.3 is 18.9 Å². The molecule has 0 spiro atoms. The average molecular weight is 360 g/mol. The molecule has 4 heterocycles. The van der Waals surface area contributed by atoms with Gasteiger partial charge in [-0.1, -0.05) is 6.07 Å². The van der Waals surface area contributed by atoms with Gasteiger partial charge in [0.2, 0.25) is 5.91 Å². The predicted molar refractivity (Wildman–Crippen MR) is 91.3 cm³/mol. The van der Waals surface area contributed by atoms with Gasteiger partial charge in [0.05, 0.1) is 24.3 Å². The molecule has 2 amide bonds. The molecule has 2 aliphatic rings. The van der Waals surface area contributed by atoms with E-state index in [2.05, 4.69) is 4.98 Å². The summed E-state index contributed by atoms with van der Waals surface area (Å²) in [6, 6.07) is 3.72. The molecule has 2 saturated heterocycles. The first-order valence-electron chi connectivity index (χ1n) is 8.80. The quantitative estimate of drug-likeness (QED) is 0.836. The van der Waals surface area contributed by atoms with Gasteiger partial charge in [-0.3, -0.25) is 4.79 Å². The van der Waals surface area contributed by atoms with Gasteiger partial charge in [-0.05, 0) is 25.0 Å². The van der Waals surface area contributed by atoms with E-state index in [0.29, 0.717) is 19.5 Å². The van der Waals surface area contributed by atoms with E-state index in [1.165, 1.54) is 0 Å². The van der Waals surface area contributed by atoms with Crippen molar-refractivity contribution in [1.29, 1.82) is 0 Å². The minimum absolute atomic E-state index is 0.0104. The summed E-state index contributed by atoms with van der Waals surface area (Å²) in [5.41, 5.74) is 2.80. The van der Waals surface area contributed by atoms with Gasteiger partial charge in [-0.15, -0.1) is 0 Å². The molecule has 2 atom stereocenters. The Kier molecular flexibility index (Phi) is 4.26. The fraction of sp³-hybridized carbons (Fsp3) is 0.500. The number of carbonyl (C=O) groups is 2. The molecule has 4 rings (SSSR count). The van der Waals surface area contributed by atoms with Crippen LogP contribution in [-0.4, -0.2) is 63.1 Å². The molecule has 0 radical (unpaired) electrons. The number of alkyl halides is 1. The number of nitrogens with zero attached hydrogens (tertiary/aromatic N) is 4. The van der Waals surface area contributed by atoms with Crippen molar-refractivity contribution < 1.29 is 18.7 Å². The zero-order valence-corrected chi connectivity index (χ0v) is 14.6. The lowest BCUT2D eigenvalue weighted by Gasteiger charge is -2.24. The third kappa shape index (κ3) is 2.89. The van der Waals surface area contributed by atoms with Crippen LogP contribution in [0.4, 0.5) is 9.18 Å². The lowest BCUT2D eigenvalue weighted by molar-refractivity contribution is -0.129. The minimum atomic E-state index is -0.702. The summed E-state index contributed by atoms with van der Waals surface area (Å²) in [6.07, 6.45) is 4.38.